The van der Waals surface area contributed by atoms with Crippen LogP contribution in [0.2, 0.25) is 0 Å². The van der Waals surface area contributed by atoms with Gasteiger partial charge in [0.25, 0.3) is 0 Å². The third-order valence-corrected chi connectivity index (χ3v) is 11.9. The van der Waals surface area contributed by atoms with Gasteiger partial charge >= 0.3 is 0 Å². The molecule has 0 amide bonds. The summed E-state index contributed by atoms with van der Waals surface area (Å²) in [6.07, 6.45) is 0. The Kier molecular flexibility index (Phi) is 4.55. The molecule has 1 heteroatoms. The lowest BCUT2D eigenvalue weighted by molar-refractivity contribution is 0.651. The highest BCUT2D eigenvalue weighted by Crippen LogP contribution is 2.63. The number of hydrogen-bond acceptors (Lipinski definition) is 0. The number of para-hydroxylation sites is 1. The van der Waals surface area contributed by atoms with Crippen LogP contribution in [0.5, 0.6) is 0 Å². The zero-order chi connectivity index (χ0) is 31.4. The zero-order valence-electron chi connectivity index (χ0n) is 27.1. The maximum Gasteiger partial charge on any atom is 0.0626 e. The van der Waals surface area contributed by atoms with Crippen LogP contribution in [-0.2, 0) is 10.8 Å². The molecular formula is C46H33N. The predicted molar refractivity (Wildman–Crippen MR) is 198 cm³/mol. The number of rotatable bonds is 1. The molecule has 8 aromatic rings. The normalized spacial score (nSPS) is 15.6. The van der Waals surface area contributed by atoms with Crippen molar-refractivity contribution in [2.24, 2.45) is 0 Å². The van der Waals surface area contributed by atoms with Gasteiger partial charge in [0.15, 0.2) is 0 Å². The summed E-state index contributed by atoms with van der Waals surface area (Å²) in [6.45, 7) is 9.78. The van der Waals surface area contributed by atoms with Gasteiger partial charge in [0, 0.05) is 32.6 Å². The van der Waals surface area contributed by atoms with Crippen LogP contribution in [-0.4, -0.2) is 4.57 Å². The summed E-state index contributed by atoms with van der Waals surface area (Å²) < 4.78 is 2.63. The van der Waals surface area contributed by atoms with Crippen molar-refractivity contribution < 1.29 is 0 Å². The Morgan fingerprint density at radius 2 is 0.936 bits per heavy atom. The molecule has 0 saturated carbocycles. The van der Waals surface area contributed by atoms with Gasteiger partial charge in [0.05, 0.1) is 16.7 Å². The molecule has 0 spiro atoms. The predicted octanol–water partition coefficient (Wildman–Crippen LogP) is 12.2. The fourth-order valence-corrected chi connectivity index (χ4v) is 10.0. The molecule has 0 saturated heterocycles. The first-order valence-electron chi connectivity index (χ1n) is 16.9. The number of hydrogen-bond donors (Lipinski definition) is 0. The monoisotopic (exact) mass is 599 g/mol. The van der Waals surface area contributed by atoms with E-state index in [2.05, 4.69) is 160 Å². The molecule has 0 unspecified atom stereocenters. The van der Waals surface area contributed by atoms with Gasteiger partial charge in [-0.05, 0) is 78.7 Å². The average Bonchev–Trinajstić information content (AvgIpc) is 3.75. The first-order chi connectivity index (χ1) is 22.9. The van der Waals surface area contributed by atoms with Crippen molar-refractivity contribution in [2.45, 2.75) is 38.5 Å². The van der Waals surface area contributed by atoms with Gasteiger partial charge in [-0.1, -0.05) is 143 Å². The summed E-state index contributed by atoms with van der Waals surface area (Å²) >= 11 is 0. The lowest BCUT2D eigenvalue weighted by Gasteiger charge is -2.28. The van der Waals surface area contributed by atoms with E-state index in [1.54, 1.807) is 0 Å². The summed E-state index contributed by atoms with van der Waals surface area (Å²) in [5, 5.41) is 5.40. The first-order valence-corrected chi connectivity index (χ1v) is 16.9. The summed E-state index contributed by atoms with van der Waals surface area (Å²) in [5.41, 5.74) is 20.3. The minimum atomic E-state index is -0.150. The molecule has 0 aliphatic heterocycles. The Balaban J connectivity index is 1.40. The van der Waals surface area contributed by atoms with E-state index in [9.17, 15) is 0 Å². The van der Waals surface area contributed by atoms with Gasteiger partial charge in [0.2, 0.25) is 0 Å². The molecule has 0 N–H and O–H groups in total. The van der Waals surface area contributed by atoms with Crippen molar-refractivity contribution in [3.63, 3.8) is 0 Å². The highest BCUT2D eigenvalue weighted by molar-refractivity contribution is 6.23. The van der Waals surface area contributed by atoms with Crippen LogP contribution in [0.4, 0.5) is 0 Å². The average molecular weight is 600 g/mol. The standard InChI is InChI=1S/C46H33N/c1-45(2)34-21-10-7-16-30(34)39-42-40(31-17-8-11-22-35(31)46(42,3)4)44-41(43(39)45)33-18-9-12-23-36(33)47(44)37-25-24-29-27-15-6-5-14-26(27)28-19-13-20-32(37)38(28)29/h5-25H,1-4H3. The Hall–Kier alpha value is -5.40. The molecule has 11 rings (SSSR count). The molecule has 1 aromatic heterocycles. The molecule has 0 atom stereocenters. The van der Waals surface area contributed by atoms with Crippen molar-refractivity contribution in [3.05, 3.63) is 150 Å². The van der Waals surface area contributed by atoms with E-state index in [4.69, 9.17) is 0 Å². The number of nitrogens with zero attached hydrogens (tertiary/aromatic N) is 1. The Bertz CT molecular complexity index is 2700. The van der Waals surface area contributed by atoms with Gasteiger partial charge in [-0.3, -0.25) is 0 Å². The molecule has 1 heterocycles. The zero-order valence-corrected chi connectivity index (χ0v) is 27.1. The van der Waals surface area contributed by atoms with E-state index in [-0.39, 0.29) is 10.8 Å². The van der Waals surface area contributed by atoms with Crippen LogP contribution in [0, 0.1) is 0 Å². The number of aromatic nitrogens is 1. The molecule has 7 aromatic carbocycles. The van der Waals surface area contributed by atoms with Gasteiger partial charge in [-0.2, -0.15) is 0 Å². The first kappa shape index (κ1) is 25.8. The highest BCUT2D eigenvalue weighted by atomic mass is 15.0. The van der Waals surface area contributed by atoms with Crippen LogP contribution >= 0.6 is 0 Å². The lowest BCUT2D eigenvalue weighted by Crippen LogP contribution is -2.19. The van der Waals surface area contributed by atoms with E-state index in [0.29, 0.717) is 0 Å². The third-order valence-electron chi connectivity index (χ3n) is 11.9. The minimum Gasteiger partial charge on any atom is -0.308 e. The van der Waals surface area contributed by atoms with Gasteiger partial charge in [-0.25, -0.2) is 0 Å². The molecule has 3 aliphatic carbocycles. The Labute approximate surface area is 274 Å². The lowest BCUT2D eigenvalue weighted by atomic mass is 9.75. The largest absolute Gasteiger partial charge is 0.308 e. The van der Waals surface area contributed by atoms with E-state index in [1.807, 2.05) is 0 Å². The second kappa shape index (κ2) is 8.30. The molecule has 0 radical (unpaired) electrons. The van der Waals surface area contributed by atoms with Crippen LogP contribution in [0.1, 0.15) is 49.9 Å². The van der Waals surface area contributed by atoms with Crippen LogP contribution in [0.3, 0.4) is 0 Å². The summed E-state index contributed by atoms with van der Waals surface area (Å²) in [7, 11) is 0. The SMILES string of the molecule is CC1(C)c2ccccc2-c2c1c1c(c3c4ccccc4n(-c4ccc5c6c(cccc46)-c4ccccc4-5)c23)C(C)(C)c2ccccc2-1. The Morgan fingerprint density at radius 1 is 0.404 bits per heavy atom. The van der Waals surface area contributed by atoms with Crippen LogP contribution < -0.4 is 0 Å². The Morgan fingerprint density at radius 3 is 1.66 bits per heavy atom. The van der Waals surface area contributed by atoms with Crippen LogP contribution in [0.15, 0.2) is 127 Å². The maximum atomic E-state index is 2.63. The molecule has 1 nitrogen and oxygen atoms in total. The molecule has 3 aliphatic rings. The molecule has 0 bridgehead atoms. The fourth-order valence-electron chi connectivity index (χ4n) is 10.0. The summed E-state index contributed by atoms with van der Waals surface area (Å²) in [6, 6.07) is 48.0. The van der Waals surface area contributed by atoms with Crippen molar-refractivity contribution in [1.29, 1.82) is 0 Å². The smallest absolute Gasteiger partial charge is 0.0626 e. The second-order valence-corrected chi connectivity index (χ2v) is 14.8. The van der Waals surface area contributed by atoms with E-state index in [0.717, 1.165) is 0 Å². The van der Waals surface area contributed by atoms with Crippen molar-refractivity contribution in [1.82, 2.24) is 4.57 Å². The van der Waals surface area contributed by atoms with Crippen molar-refractivity contribution >= 4 is 32.6 Å². The van der Waals surface area contributed by atoms with E-state index >= 15 is 0 Å². The quantitative estimate of drug-likeness (QED) is 0.177. The number of fused-ring (bicyclic) bond motifs is 15. The van der Waals surface area contributed by atoms with E-state index in [1.165, 1.54) is 105 Å². The molecule has 0 fully saturated rings. The summed E-state index contributed by atoms with van der Waals surface area (Å²) in [5.74, 6) is 0. The van der Waals surface area contributed by atoms with Gasteiger partial charge in [-0.15, -0.1) is 0 Å². The van der Waals surface area contributed by atoms with Crippen LogP contribution in [0.25, 0.3) is 82.8 Å². The topological polar surface area (TPSA) is 4.93 Å². The molecular weight excluding hydrogens is 567 g/mol. The fraction of sp³-hybridized carbons (Fsp3) is 0.130. The highest BCUT2D eigenvalue weighted by Gasteiger charge is 2.47. The minimum absolute atomic E-state index is 0.150. The van der Waals surface area contributed by atoms with E-state index < -0.39 is 0 Å². The molecule has 222 valence electrons. The van der Waals surface area contributed by atoms with Gasteiger partial charge in [0.1, 0.15) is 0 Å². The second-order valence-electron chi connectivity index (χ2n) is 14.8. The maximum absolute atomic E-state index is 2.63. The van der Waals surface area contributed by atoms with Gasteiger partial charge < -0.3 is 4.57 Å². The van der Waals surface area contributed by atoms with Crippen molar-refractivity contribution in [3.8, 4) is 50.2 Å². The third kappa shape index (κ3) is 2.85. The molecule has 47 heavy (non-hydrogen) atoms. The number of benzene rings is 7. The summed E-state index contributed by atoms with van der Waals surface area (Å²) in [4.78, 5) is 0. The van der Waals surface area contributed by atoms with Crippen molar-refractivity contribution in [2.75, 3.05) is 0 Å².